The fourth-order valence-electron chi connectivity index (χ4n) is 2.01. The molecular weight excluding hydrogens is 228 g/mol. The lowest BCUT2D eigenvalue weighted by molar-refractivity contribution is 0.431. The van der Waals surface area contributed by atoms with Gasteiger partial charge in [-0.2, -0.15) is 5.10 Å². The lowest BCUT2D eigenvalue weighted by Crippen LogP contribution is -2.18. The van der Waals surface area contributed by atoms with E-state index < -0.39 is 0 Å². The van der Waals surface area contributed by atoms with Crippen molar-refractivity contribution >= 4 is 0 Å². The Morgan fingerprint density at radius 3 is 2.56 bits per heavy atom. The fourth-order valence-corrected chi connectivity index (χ4v) is 2.01. The maximum atomic E-state index is 5.54. The van der Waals surface area contributed by atoms with Gasteiger partial charge in [0.2, 0.25) is 5.89 Å². The Kier molecular flexibility index (Phi) is 3.52. The minimum atomic E-state index is 0.228. The third-order valence-electron chi connectivity index (χ3n) is 3.15. The van der Waals surface area contributed by atoms with Crippen LogP contribution >= 0.6 is 0 Å². The summed E-state index contributed by atoms with van der Waals surface area (Å²) in [5.74, 6) is 1.62. The second kappa shape index (κ2) is 4.94. The van der Waals surface area contributed by atoms with Crippen molar-refractivity contribution in [1.29, 1.82) is 0 Å². The summed E-state index contributed by atoms with van der Waals surface area (Å²) < 4.78 is 7.38. The molecule has 2 rings (SSSR count). The van der Waals surface area contributed by atoms with E-state index in [4.69, 9.17) is 4.42 Å². The number of hydrogen-bond donors (Lipinski definition) is 1. The van der Waals surface area contributed by atoms with Gasteiger partial charge in [0, 0.05) is 24.8 Å². The highest BCUT2D eigenvalue weighted by atomic mass is 16.4. The van der Waals surface area contributed by atoms with Gasteiger partial charge in [0.1, 0.15) is 5.76 Å². The number of oxazole rings is 1. The number of hydrogen-bond acceptors (Lipinski definition) is 4. The van der Waals surface area contributed by atoms with Gasteiger partial charge in [-0.15, -0.1) is 0 Å². The molecule has 0 saturated carbocycles. The number of nitrogens with one attached hydrogen (secondary N) is 1. The number of nitrogens with zero attached hydrogens (tertiary/aromatic N) is 3. The highest BCUT2D eigenvalue weighted by Crippen LogP contribution is 2.16. The molecule has 0 spiro atoms. The molecule has 18 heavy (non-hydrogen) atoms. The van der Waals surface area contributed by atoms with Gasteiger partial charge in [-0.25, -0.2) is 4.98 Å². The second-order valence-electron chi connectivity index (χ2n) is 4.70. The van der Waals surface area contributed by atoms with Gasteiger partial charge in [-0.1, -0.05) is 0 Å². The Labute approximate surface area is 107 Å². The van der Waals surface area contributed by atoms with Gasteiger partial charge in [0.25, 0.3) is 0 Å². The molecule has 0 bridgehead atoms. The van der Waals surface area contributed by atoms with Gasteiger partial charge >= 0.3 is 0 Å². The minimum Gasteiger partial charge on any atom is -0.444 e. The zero-order chi connectivity index (χ0) is 13.3. The first-order valence-electron chi connectivity index (χ1n) is 6.13. The van der Waals surface area contributed by atoms with E-state index in [9.17, 15) is 0 Å². The first-order chi connectivity index (χ1) is 8.47. The molecule has 1 atom stereocenters. The summed E-state index contributed by atoms with van der Waals surface area (Å²) in [4.78, 5) is 4.35. The predicted molar refractivity (Wildman–Crippen MR) is 69.2 cm³/mol. The van der Waals surface area contributed by atoms with Gasteiger partial charge in [0.15, 0.2) is 0 Å². The summed E-state index contributed by atoms with van der Waals surface area (Å²) in [5, 5.41) is 7.74. The van der Waals surface area contributed by atoms with E-state index in [1.165, 1.54) is 5.56 Å². The zero-order valence-electron chi connectivity index (χ0n) is 11.6. The Hall–Kier alpha value is -1.62. The normalized spacial score (nSPS) is 12.9. The van der Waals surface area contributed by atoms with E-state index in [0.29, 0.717) is 6.54 Å². The highest BCUT2D eigenvalue weighted by molar-refractivity contribution is 5.19. The Morgan fingerprint density at radius 1 is 1.33 bits per heavy atom. The van der Waals surface area contributed by atoms with E-state index in [1.807, 2.05) is 38.7 Å². The molecule has 5 heteroatoms. The fraction of sp³-hybridized carbons (Fsp3) is 0.538. The molecule has 0 aliphatic rings. The number of rotatable bonds is 4. The summed E-state index contributed by atoms with van der Waals surface area (Å²) in [7, 11) is 1.93. The van der Waals surface area contributed by atoms with Crippen LogP contribution in [0, 0.1) is 20.8 Å². The standard InChI is InChI=1S/C13H20N4O/c1-8-11(4)18-13(15-8)6-14-9(2)12-7-17(5)16-10(12)3/h7,9,14H,6H2,1-5H3. The second-order valence-corrected chi connectivity index (χ2v) is 4.70. The maximum Gasteiger partial charge on any atom is 0.208 e. The summed E-state index contributed by atoms with van der Waals surface area (Å²) in [6.45, 7) is 8.65. The molecule has 2 aromatic heterocycles. The topological polar surface area (TPSA) is 55.9 Å². The SMILES string of the molecule is Cc1nn(C)cc1C(C)NCc1nc(C)c(C)o1. The number of aryl methyl sites for hydroxylation is 4. The van der Waals surface area contributed by atoms with Crippen molar-refractivity contribution in [1.82, 2.24) is 20.1 Å². The molecule has 5 nitrogen and oxygen atoms in total. The Bertz CT molecular complexity index is 522. The van der Waals surface area contributed by atoms with Crippen LogP contribution in [0.3, 0.4) is 0 Å². The van der Waals surface area contributed by atoms with Crippen LogP contribution in [0.5, 0.6) is 0 Å². The van der Waals surface area contributed by atoms with E-state index in [-0.39, 0.29) is 6.04 Å². The van der Waals surface area contributed by atoms with E-state index in [0.717, 1.165) is 23.0 Å². The molecule has 0 aromatic carbocycles. The summed E-state index contributed by atoms with van der Waals surface area (Å²) in [6.07, 6.45) is 2.04. The molecule has 0 aliphatic carbocycles. The molecule has 0 amide bonds. The third kappa shape index (κ3) is 2.61. The van der Waals surface area contributed by atoms with Crippen LogP contribution in [0.4, 0.5) is 0 Å². The van der Waals surface area contributed by atoms with Gasteiger partial charge in [-0.05, 0) is 27.7 Å². The molecule has 1 unspecified atom stereocenters. The smallest absolute Gasteiger partial charge is 0.208 e. The molecule has 2 heterocycles. The van der Waals surface area contributed by atoms with E-state index in [1.54, 1.807) is 0 Å². The van der Waals surface area contributed by atoms with Crippen LogP contribution < -0.4 is 5.32 Å². The van der Waals surface area contributed by atoms with Crippen molar-refractivity contribution in [3.8, 4) is 0 Å². The molecular formula is C13H20N4O. The lowest BCUT2D eigenvalue weighted by atomic mass is 10.1. The van der Waals surface area contributed by atoms with Gasteiger partial charge in [-0.3, -0.25) is 4.68 Å². The first-order valence-corrected chi connectivity index (χ1v) is 6.13. The van der Waals surface area contributed by atoms with Crippen LogP contribution in [-0.2, 0) is 13.6 Å². The lowest BCUT2D eigenvalue weighted by Gasteiger charge is -2.11. The number of aromatic nitrogens is 3. The Balaban J connectivity index is 2.00. The molecule has 0 radical (unpaired) electrons. The Morgan fingerprint density at radius 2 is 2.06 bits per heavy atom. The zero-order valence-corrected chi connectivity index (χ0v) is 11.6. The summed E-state index contributed by atoms with van der Waals surface area (Å²) >= 11 is 0. The molecule has 98 valence electrons. The molecule has 0 saturated heterocycles. The first kappa shape index (κ1) is 12.8. The van der Waals surface area contributed by atoms with Crippen LogP contribution in [0.2, 0.25) is 0 Å². The molecule has 0 aliphatic heterocycles. The molecule has 0 fully saturated rings. The van der Waals surface area contributed by atoms with Crippen LogP contribution in [0.25, 0.3) is 0 Å². The van der Waals surface area contributed by atoms with Crippen molar-refractivity contribution in [3.63, 3.8) is 0 Å². The van der Waals surface area contributed by atoms with Crippen molar-refractivity contribution in [3.05, 3.63) is 34.8 Å². The van der Waals surface area contributed by atoms with Gasteiger partial charge in [0.05, 0.1) is 17.9 Å². The van der Waals surface area contributed by atoms with Crippen LogP contribution in [0.15, 0.2) is 10.6 Å². The van der Waals surface area contributed by atoms with Crippen LogP contribution in [0.1, 0.15) is 41.6 Å². The average Bonchev–Trinajstić information content (AvgIpc) is 2.79. The predicted octanol–water partition coefficient (Wildman–Crippen LogP) is 2.18. The van der Waals surface area contributed by atoms with Crippen molar-refractivity contribution in [2.24, 2.45) is 7.05 Å². The quantitative estimate of drug-likeness (QED) is 0.901. The van der Waals surface area contributed by atoms with Gasteiger partial charge < -0.3 is 9.73 Å². The molecule has 2 aromatic rings. The van der Waals surface area contributed by atoms with E-state index >= 15 is 0 Å². The van der Waals surface area contributed by atoms with Crippen molar-refractivity contribution < 1.29 is 4.42 Å². The summed E-state index contributed by atoms with van der Waals surface area (Å²) in [5.41, 5.74) is 3.21. The maximum absolute atomic E-state index is 5.54. The minimum absolute atomic E-state index is 0.228. The highest BCUT2D eigenvalue weighted by Gasteiger charge is 2.13. The van der Waals surface area contributed by atoms with Crippen molar-refractivity contribution in [2.75, 3.05) is 0 Å². The third-order valence-corrected chi connectivity index (χ3v) is 3.15. The largest absolute Gasteiger partial charge is 0.444 e. The van der Waals surface area contributed by atoms with Crippen LogP contribution in [-0.4, -0.2) is 14.8 Å². The molecule has 1 N–H and O–H groups in total. The summed E-state index contributed by atoms with van der Waals surface area (Å²) in [6, 6.07) is 0.228. The van der Waals surface area contributed by atoms with Crippen molar-refractivity contribution in [2.45, 2.75) is 40.3 Å². The average molecular weight is 248 g/mol. The van der Waals surface area contributed by atoms with E-state index in [2.05, 4.69) is 22.3 Å². The monoisotopic (exact) mass is 248 g/mol.